The van der Waals surface area contributed by atoms with Gasteiger partial charge in [-0.25, -0.2) is 9.59 Å². The van der Waals surface area contributed by atoms with E-state index in [0.717, 1.165) is 36.2 Å². The Bertz CT molecular complexity index is 1030. The minimum Gasteiger partial charge on any atom is -0.480 e. The molecule has 1 aromatic rings. The Morgan fingerprint density at radius 2 is 1.95 bits per heavy atom. The minimum atomic E-state index is -1.04. The van der Waals surface area contributed by atoms with E-state index in [1.165, 1.54) is 4.90 Å². The van der Waals surface area contributed by atoms with Crippen molar-refractivity contribution in [2.75, 3.05) is 49.6 Å². The number of carbonyl (C=O) groups is 3. The maximum atomic E-state index is 12.5. The molecule has 11 heteroatoms. The highest BCUT2D eigenvalue weighted by atomic mass is 16.6. The van der Waals surface area contributed by atoms with Crippen molar-refractivity contribution < 1.29 is 29.3 Å². The number of carbonyl (C=O) groups excluding carboxylic acids is 2. The number of aliphatic carboxylic acids is 1. The largest absolute Gasteiger partial charge is 0.480 e. The number of carboxylic acids is 1. The predicted molar refractivity (Wildman–Crippen MR) is 138 cm³/mol. The van der Waals surface area contributed by atoms with Crippen LogP contribution < -0.4 is 15.1 Å². The molecule has 2 amide bonds. The zero-order valence-corrected chi connectivity index (χ0v) is 22.1. The number of benzene rings is 1. The van der Waals surface area contributed by atoms with Gasteiger partial charge in [0.1, 0.15) is 17.7 Å². The van der Waals surface area contributed by atoms with Gasteiger partial charge in [0.2, 0.25) is 12.3 Å². The second kappa shape index (κ2) is 10.7. The summed E-state index contributed by atoms with van der Waals surface area (Å²) >= 11 is 0. The summed E-state index contributed by atoms with van der Waals surface area (Å²) in [7, 11) is 1.82. The van der Waals surface area contributed by atoms with Gasteiger partial charge in [-0.2, -0.15) is 0 Å². The lowest BCUT2D eigenvalue weighted by Gasteiger charge is -2.39. The van der Waals surface area contributed by atoms with Crippen LogP contribution in [0.15, 0.2) is 18.2 Å². The Balaban J connectivity index is 1.35. The summed E-state index contributed by atoms with van der Waals surface area (Å²) in [6.07, 6.45) is 1.70. The van der Waals surface area contributed by atoms with Crippen molar-refractivity contribution in [2.45, 2.75) is 70.5 Å². The van der Waals surface area contributed by atoms with Gasteiger partial charge in [-0.3, -0.25) is 14.6 Å². The average Bonchev–Trinajstić information content (AvgIpc) is 3.08. The lowest BCUT2D eigenvalue weighted by atomic mass is 10.0. The van der Waals surface area contributed by atoms with E-state index in [1.807, 2.05) is 19.2 Å². The van der Waals surface area contributed by atoms with E-state index in [0.29, 0.717) is 32.6 Å². The second-order valence-electron chi connectivity index (χ2n) is 11.1. The number of nitrogens with zero attached hydrogens (tertiary/aromatic N) is 4. The van der Waals surface area contributed by atoms with Crippen LogP contribution in [0.5, 0.6) is 0 Å². The van der Waals surface area contributed by atoms with Gasteiger partial charge in [0, 0.05) is 33.2 Å². The van der Waals surface area contributed by atoms with Gasteiger partial charge in [-0.15, -0.1) is 0 Å². The molecule has 4 rings (SSSR count). The van der Waals surface area contributed by atoms with Crippen LogP contribution in [0, 0.1) is 0 Å². The number of piperazine rings is 1. The molecule has 37 heavy (non-hydrogen) atoms. The van der Waals surface area contributed by atoms with Gasteiger partial charge in [-0.05, 0) is 70.7 Å². The summed E-state index contributed by atoms with van der Waals surface area (Å²) < 4.78 is 5.39. The number of piperidine rings is 1. The van der Waals surface area contributed by atoms with Crippen molar-refractivity contribution in [3.8, 4) is 0 Å². The molecule has 3 N–H and O–H groups in total. The third-order valence-electron chi connectivity index (χ3n) is 7.20. The fourth-order valence-electron chi connectivity index (χ4n) is 5.31. The summed E-state index contributed by atoms with van der Waals surface area (Å²) in [4.78, 5) is 43.8. The van der Waals surface area contributed by atoms with Crippen LogP contribution in [-0.4, -0.2) is 102 Å². The Kier molecular flexibility index (Phi) is 7.84. The summed E-state index contributed by atoms with van der Waals surface area (Å²) in [6.45, 7) is 7.81. The molecule has 1 aromatic carbocycles. The number of aliphatic hydroxyl groups is 1. The topological polar surface area (TPSA) is 126 Å². The van der Waals surface area contributed by atoms with Crippen LogP contribution in [0.2, 0.25) is 0 Å². The molecular weight excluding hydrogens is 478 g/mol. The van der Waals surface area contributed by atoms with Crippen molar-refractivity contribution in [3.63, 3.8) is 0 Å². The lowest BCUT2D eigenvalue weighted by molar-refractivity contribution is -0.145. The zero-order valence-electron chi connectivity index (χ0n) is 22.1. The van der Waals surface area contributed by atoms with Gasteiger partial charge in [0.15, 0.2) is 0 Å². The number of amides is 2. The van der Waals surface area contributed by atoms with Crippen LogP contribution in [0.3, 0.4) is 0 Å². The number of fused-ring (bicyclic) bond motifs is 1. The first-order valence-corrected chi connectivity index (χ1v) is 13.0. The number of aliphatic hydroxyl groups excluding tert-OH is 1. The van der Waals surface area contributed by atoms with Crippen LogP contribution in [0.4, 0.5) is 16.2 Å². The van der Waals surface area contributed by atoms with Gasteiger partial charge >= 0.3 is 12.1 Å². The van der Waals surface area contributed by atoms with E-state index in [2.05, 4.69) is 16.3 Å². The van der Waals surface area contributed by atoms with E-state index >= 15 is 0 Å². The zero-order chi connectivity index (χ0) is 26.9. The predicted octanol–water partition coefficient (Wildman–Crippen LogP) is 1.44. The Morgan fingerprint density at radius 3 is 2.62 bits per heavy atom. The molecule has 0 radical (unpaired) electrons. The molecule has 3 aliphatic rings. The number of hydrogen-bond donors (Lipinski definition) is 3. The number of rotatable bonds is 6. The first-order valence-electron chi connectivity index (χ1n) is 13.0. The number of nitrogens with one attached hydrogen (secondary N) is 1. The first kappa shape index (κ1) is 27.0. The first-order chi connectivity index (χ1) is 17.5. The molecule has 0 saturated carbocycles. The summed E-state index contributed by atoms with van der Waals surface area (Å²) in [6, 6.07) is 4.72. The minimum absolute atomic E-state index is 0.0537. The van der Waals surface area contributed by atoms with Crippen molar-refractivity contribution >= 4 is 29.3 Å². The molecule has 3 atom stereocenters. The number of ether oxygens (including phenoxy) is 1. The maximum Gasteiger partial charge on any atom is 0.411 e. The van der Waals surface area contributed by atoms with Crippen LogP contribution in [0.1, 0.15) is 45.6 Å². The molecule has 2 saturated heterocycles. The normalized spacial score (nSPS) is 24.6. The number of hydrogen-bond acceptors (Lipinski definition) is 8. The molecule has 204 valence electrons. The molecule has 3 heterocycles. The van der Waals surface area contributed by atoms with E-state index in [1.54, 1.807) is 30.6 Å². The number of anilines is 2. The van der Waals surface area contributed by atoms with E-state index in [-0.39, 0.29) is 18.5 Å². The van der Waals surface area contributed by atoms with E-state index in [9.17, 15) is 24.6 Å². The lowest BCUT2D eigenvalue weighted by Crippen LogP contribution is -2.59. The monoisotopic (exact) mass is 517 g/mol. The SMILES string of the molecule is CN1c2cc(CCCN3CCN(C(=O)OC(C)(C)C)[C@H](C(=O)O)C3)ccc2N(C2CCCNC2=O)C1O. The third-order valence-corrected chi connectivity index (χ3v) is 7.20. The molecular formula is C26H39N5O6. The highest BCUT2D eigenvalue weighted by Crippen LogP contribution is 2.41. The van der Waals surface area contributed by atoms with Crippen LogP contribution in [0.25, 0.3) is 0 Å². The fraction of sp³-hybridized carbons (Fsp3) is 0.654. The molecule has 11 nitrogen and oxygen atoms in total. The van der Waals surface area contributed by atoms with E-state index < -0.39 is 30.1 Å². The van der Waals surface area contributed by atoms with E-state index in [4.69, 9.17) is 4.74 Å². The maximum absolute atomic E-state index is 12.5. The molecule has 2 fully saturated rings. The van der Waals surface area contributed by atoms with Crippen LogP contribution in [-0.2, 0) is 20.7 Å². The molecule has 2 unspecified atom stereocenters. The number of carboxylic acid groups (broad SMARTS) is 1. The number of aryl methyl sites for hydroxylation is 1. The molecule has 0 bridgehead atoms. The summed E-state index contributed by atoms with van der Waals surface area (Å²) in [5.41, 5.74) is 2.16. The smallest absolute Gasteiger partial charge is 0.411 e. The highest BCUT2D eigenvalue weighted by molar-refractivity contribution is 5.90. The van der Waals surface area contributed by atoms with Crippen molar-refractivity contribution in [1.29, 1.82) is 0 Å². The molecule has 0 aromatic heterocycles. The fourth-order valence-corrected chi connectivity index (χ4v) is 5.31. The quantitative estimate of drug-likeness (QED) is 0.514. The molecule has 3 aliphatic heterocycles. The third kappa shape index (κ3) is 5.93. The van der Waals surface area contributed by atoms with Gasteiger partial charge in [-0.1, -0.05) is 6.07 Å². The summed E-state index contributed by atoms with van der Waals surface area (Å²) in [5, 5.41) is 23.5. The van der Waals surface area contributed by atoms with Crippen molar-refractivity contribution in [1.82, 2.24) is 15.1 Å². The van der Waals surface area contributed by atoms with Crippen LogP contribution >= 0.6 is 0 Å². The van der Waals surface area contributed by atoms with Gasteiger partial charge in [0.25, 0.3) is 0 Å². The Morgan fingerprint density at radius 1 is 1.19 bits per heavy atom. The van der Waals surface area contributed by atoms with Gasteiger partial charge < -0.3 is 30.1 Å². The highest BCUT2D eigenvalue weighted by Gasteiger charge is 2.41. The van der Waals surface area contributed by atoms with Crippen molar-refractivity contribution in [3.05, 3.63) is 23.8 Å². The summed E-state index contributed by atoms with van der Waals surface area (Å²) in [5.74, 6) is -1.09. The molecule has 0 spiro atoms. The van der Waals surface area contributed by atoms with Crippen molar-refractivity contribution in [2.24, 2.45) is 0 Å². The van der Waals surface area contributed by atoms with Gasteiger partial charge in [0.05, 0.1) is 11.4 Å². The standard InChI is InChI=1S/C26H39N5O6/c1-26(2,3)37-25(36)30-14-13-29(16-21(30)23(33)34)12-6-7-17-9-10-18-20(15-17)28(4)24(35)31(18)19-8-5-11-27-22(19)32/h9-10,15,19,21,24,35H,5-8,11-14,16H2,1-4H3,(H,27,32)(H,33,34)/t19?,21-,24?/m0/s1. The second-order valence-corrected chi connectivity index (χ2v) is 11.1. The average molecular weight is 518 g/mol. The Labute approximate surface area is 217 Å². The Hall–Kier alpha value is -3.05. The molecule has 0 aliphatic carbocycles.